The highest BCUT2D eigenvalue weighted by Gasteiger charge is 2.48. The fourth-order valence-corrected chi connectivity index (χ4v) is 3.43. The molecule has 124 valence electrons. The van der Waals surface area contributed by atoms with Gasteiger partial charge < -0.3 is 16.0 Å². The van der Waals surface area contributed by atoms with Crippen molar-refractivity contribution in [3.05, 3.63) is 35.4 Å². The van der Waals surface area contributed by atoms with Crippen molar-refractivity contribution < 1.29 is 18.4 Å². The van der Waals surface area contributed by atoms with Gasteiger partial charge in [-0.1, -0.05) is 12.5 Å². The molecule has 2 fully saturated rings. The molecular formula is C16H19F2N3O2. The topological polar surface area (TPSA) is 75.4 Å². The number of amides is 3. The molecule has 3 amide bonds. The first-order valence-electron chi connectivity index (χ1n) is 7.73. The maximum Gasteiger partial charge on any atom is 0.314 e. The van der Waals surface area contributed by atoms with E-state index in [1.165, 1.54) is 17.0 Å². The van der Waals surface area contributed by atoms with E-state index in [-0.39, 0.29) is 17.5 Å². The van der Waals surface area contributed by atoms with Crippen LogP contribution in [0.3, 0.4) is 0 Å². The van der Waals surface area contributed by atoms with E-state index in [4.69, 9.17) is 5.73 Å². The van der Waals surface area contributed by atoms with Gasteiger partial charge in [0.15, 0.2) is 0 Å². The van der Waals surface area contributed by atoms with E-state index in [0.29, 0.717) is 32.4 Å². The first-order valence-corrected chi connectivity index (χ1v) is 7.73. The Balaban J connectivity index is 1.75. The third-order valence-electron chi connectivity index (χ3n) is 4.92. The molecule has 23 heavy (non-hydrogen) atoms. The summed E-state index contributed by atoms with van der Waals surface area (Å²) in [4.78, 5) is 25.3. The molecular weight excluding hydrogens is 304 g/mol. The largest absolute Gasteiger partial charge is 0.351 e. The minimum Gasteiger partial charge on any atom is -0.351 e. The van der Waals surface area contributed by atoms with Crippen molar-refractivity contribution in [3.63, 3.8) is 0 Å². The highest BCUT2D eigenvalue weighted by molar-refractivity contribution is 5.89. The zero-order valence-corrected chi connectivity index (χ0v) is 12.6. The number of rotatable bonds is 3. The van der Waals surface area contributed by atoms with Gasteiger partial charge in [-0.3, -0.25) is 4.79 Å². The summed E-state index contributed by atoms with van der Waals surface area (Å²) in [5.41, 5.74) is 4.54. The molecule has 1 aliphatic heterocycles. The molecule has 1 aliphatic carbocycles. The number of carbonyl (C=O) groups is 2. The SMILES string of the molecule is NC(=O)N1CCC(NC(=O)C2(c3ccc(F)cc3F)CCC2)C1. The Morgan fingerprint density at radius 3 is 2.57 bits per heavy atom. The summed E-state index contributed by atoms with van der Waals surface area (Å²) in [7, 11) is 0. The lowest BCUT2D eigenvalue weighted by Crippen LogP contribution is -2.53. The second-order valence-electron chi connectivity index (χ2n) is 6.30. The number of benzene rings is 1. The smallest absolute Gasteiger partial charge is 0.314 e. The molecule has 0 bridgehead atoms. The maximum absolute atomic E-state index is 14.1. The number of primary amides is 1. The molecule has 0 aromatic heterocycles. The number of nitrogens with one attached hydrogen (secondary N) is 1. The van der Waals surface area contributed by atoms with E-state index in [1.54, 1.807) is 0 Å². The minimum atomic E-state index is -0.933. The molecule has 0 radical (unpaired) electrons. The van der Waals surface area contributed by atoms with Crippen LogP contribution in [0.4, 0.5) is 13.6 Å². The Kier molecular flexibility index (Phi) is 3.95. The van der Waals surface area contributed by atoms with Gasteiger partial charge in [-0.25, -0.2) is 13.6 Å². The summed E-state index contributed by atoms with van der Waals surface area (Å²) in [6.07, 6.45) is 2.51. The quantitative estimate of drug-likeness (QED) is 0.887. The second kappa shape index (κ2) is 5.79. The van der Waals surface area contributed by atoms with E-state index in [1.807, 2.05) is 0 Å². The Morgan fingerprint density at radius 1 is 1.30 bits per heavy atom. The number of hydrogen-bond acceptors (Lipinski definition) is 2. The van der Waals surface area contributed by atoms with Crippen LogP contribution in [0.25, 0.3) is 0 Å². The fraction of sp³-hybridized carbons (Fsp3) is 0.500. The van der Waals surface area contributed by atoms with Crippen LogP contribution in [0.15, 0.2) is 18.2 Å². The standard InChI is InChI=1S/C16H19F2N3O2/c17-10-2-3-12(13(18)8-10)16(5-1-6-16)14(22)20-11-4-7-21(9-11)15(19)23/h2-3,8,11H,1,4-7,9H2,(H2,19,23)(H,20,22). The molecule has 0 spiro atoms. The van der Waals surface area contributed by atoms with Gasteiger partial charge in [-0.05, 0) is 25.3 Å². The number of nitrogens with zero attached hydrogens (tertiary/aromatic N) is 1. The van der Waals surface area contributed by atoms with Crippen LogP contribution < -0.4 is 11.1 Å². The van der Waals surface area contributed by atoms with Gasteiger partial charge in [-0.15, -0.1) is 0 Å². The monoisotopic (exact) mass is 323 g/mol. The predicted molar refractivity (Wildman–Crippen MR) is 79.6 cm³/mol. The predicted octanol–water partition coefficient (Wildman–Crippen LogP) is 1.66. The first kappa shape index (κ1) is 15.7. The van der Waals surface area contributed by atoms with Crippen LogP contribution in [0.1, 0.15) is 31.2 Å². The summed E-state index contributed by atoms with van der Waals surface area (Å²) >= 11 is 0. The van der Waals surface area contributed by atoms with Crippen molar-refractivity contribution >= 4 is 11.9 Å². The lowest BCUT2D eigenvalue weighted by molar-refractivity contribution is -0.130. The Labute approximate surface area is 132 Å². The van der Waals surface area contributed by atoms with Crippen LogP contribution in [-0.2, 0) is 10.2 Å². The fourth-order valence-electron chi connectivity index (χ4n) is 3.43. The van der Waals surface area contributed by atoms with Crippen molar-refractivity contribution in [1.29, 1.82) is 0 Å². The van der Waals surface area contributed by atoms with Crippen molar-refractivity contribution in [1.82, 2.24) is 10.2 Å². The highest BCUT2D eigenvalue weighted by Crippen LogP contribution is 2.45. The van der Waals surface area contributed by atoms with E-state index < -0.39 is 23.1 Å². The summed E-state index contributed by atoms with van der Waals surface area (Å²) in [5, 5.41) is 2.90. The molecule has 3 N–H and O–H groups in total. The van der Waals surface area contributed by atoms with E-state index in [9.17, 15) is 18.4 Å². The summed E-state index contributed by atoms with van der Waals surface area (Å²) in [6, 6.07) is 2.65. The van der Waals surface area contributed by atoms with Crippen LogP contribution in [0.2, 0.25) is 0 Å². The van der Waals surface area contributed by atoms with E-state index in [2.05, 4.69) is 5.32 Å². The molecule has 1 atom stereocenters. The minimum absolute atomic E-state index is 0.184. The number of hydrogen-bond donors (Lipinski definition) is 2. The third kappa shape index (κ3) is 2.75. The average molecular weight is 323 g/mol. The van der Waals surface area contributed by atoms with Crippen molar-refractivity contribution in [2.24, 2.45) is 5.73 Å². The Morgan fingerprint density at radius 2 is 2.04 bits per heavy atom. The number of nitrogens with two attached hydrogens (primary N) is 1. The number of halogens is 2. The first-order chi connectivity index (χ1) is 10.9. The number of urea groups is 1. The van der Waals surface area contributed by atoms with Crippen molar-refractivity contribution in [2.75, 3.05) is 13.1 Å². The summed E-state index contributed by atoms with van der Waals surface area (Å²) < 4.78 is 27.2. The molecule has 1 saturated heterocycles. The van der Waals surface area contributed by atoms with Gasteiger partial charge in [0.25, 0.3) is 0 Å². The molecule has 1 aromatic rings. The summed E-state index contributed by atoms with van der Waals surface area (Å²) in [5.74, 6) is -1.61. The maximum atomic E-state index is 14.1. The number of carbonyl (C=O) groups excluding carboxylic acids is 2. The van der Waals surface area contributed by atoms with Crippen LogP contribution in [0.5, 0.6) is 0 Å². The zero-order chi connectivity index (χ0) is 16.6. The Hall–Kier alpha value is -2.18. The molecule has 7 heteroatoms. The summed E-state index contributed by atoms with van der Waals surface area (Å²) in [6.45, 7) is 0.862. The normalized spacial score (nSPS) is 22.5. The van der Waals surface area contributed by atoms with Gasteiger partial charge in [-0.2, -0.15) is 0 Å². The molecule has 2 aliphatic rings. The van der Waals surface area contributed by atoms with Crippen molar-refractivity contribution in [3.8, 4) is 0 Å². The molecule has 3 rings (SSSR count). The Bertz CT molecular complexity index is 646. The van der Waals surface area contributed by atoms with Gasteiger partial charge in [0.1, 0.15) is 11.6 Å². The van der Waals surface area contributed by atoms with Gasteiger partial charge in [0.05, 0.1) is 5.41 Å². The zero-order valence-electron chi connectivity index (χ0n) is 12.6. The third-order valence-corrected chi connectivity index (χ3v) is 4.92. The molecule has 1 aromatic carbocycles. The average Bonchev–Trinajstić information content (AvgIpc) is 2.88. The molecule has 1 saturated carbocycles. The van der Waals surface area contributed by atoms with Crippen molar-refractivity contribution in [2.45, 2.75) is 37.1 Å². The van der Waals surface area contributed by atoms with E-state index >= 15 is 0 Å². The van der Waals surface area contributed by atoms with E-state index in [0.717, 1.165) is 12.5 Å². The lowest BCUT2D eigenvalue weighted by Gasteiger charge is -2.41. The molecule has 1 unspecified atom stereocenters. The van der Waals surface area contributed by atoms with Gasteiger partial charge in [0, 0.05) is 30.8 Å². The highest BCUT2D eigenvalue weighted by atomic mass is 19.1. The van der Waals surface area contributed by atoms with Gasteiger partial charge >= 0.3 is 6.03 Å². The molecule has 1 heterocycles. The van der Waals surface area contributed by atoms with Crippen LogP contribution >= 0.6 is 0 Å². The van der Waals surface area contributed by atoms with Crippen LogP contribution in [-0.4, -0.2) is 36.0 Å². The van der Waals surface area contributed by atoms with Gasteiger partial charge in [0.2, 0.25) is 5.91 Å². The molecule has 5 nitrogen and oxygen atoms in total. The number of likely N-dealkylation sites (tertiary alicyclic amines) is 1. The van der Waals surface area contributed by atoms with Crippen LogP contribution in [0, 0.1) is 11.6 Å². The lowest BCUT2D eigenvalue weighted by atomic mass is 9.63. The second-order valence-corrected chi connectivity index (χ2v) is 6.30.